The number of rotatable bonds is 7. The molecule has 0 amide bonds. The van der Waals surface area contributed by atoms with Gasteiger partial charge in [0.25, 0.3) is 10.0 Å². The minimum Gasteiger partial charge on any atom is -0.381 e. The first kappa shape index (κ1) is 19.9. The zero-order chi connectivity index (χ0) is 20.3. The van der Waals surface area contributed by atoms with E-state index in [0.29, 0.717) is 11.2 Å². The summed E-state index contributed by atoms with van der Waals surface area (Å²) in [6.45, 7) is 5.01. The van der Waals surface area contributed by atoms with Crippen molar-refractivity contribution in [2.24, 2.45) is 0 Å². The first-order chi connectivity index (χ1) is 14.0. The Hall–Kier alpha value is -2.42. The van der Waals surface area contributed by atoms with Crippen LogP contribution in [0.1, 0.15) is 17.5 Å². The molecular formula is C21H24N4O2S2. The van der Waals surface area contributed by atoms with Gasteiger partial charge in [0.15, 0.2) is 5.13 Å². The summed E-state index contributed by atoms with van der Waals surface area (Å²) >= 11 is 1.25. The minimum atomic E-state index is -3.65. The van der Waals surface area contributed by atoms with Gasteiger partial charge in [-0.15, -0.1) is 11.3 Å². The highest BCUT2D eigenvalue weighted by Gasteiger charge is 2.23. The summed E-state index contributed by atoms with van der Waals surface area (Å²) in [6, 6.07) is 15.8. The van der Waals surface area contributed by atoms with Crippen LogP contribution in [0.5, 0.6) is 0 Å². The number of nitrogens with one attached hydrogen (secondary N) is 2. The van der Waals surface area contributed by atoms with E-state index in [9.17, 15) is 8.42 Å². The molecular weight excluding hydrogens is 404 g/mol. The fourth-order valence-electron chi connectivity index (χ4n) is 3.60. The summed E-state index contributed by atoms with van der Waals surface area (Å²) in [5.41, 5.74) is 3.42. The highest BCUT2D eigenvalue weighted by atomic mass is 32.2. The third kappa shape index (κ3) is 5.14. The molecule has 1 aromatic heterocycles. The van der Waals surface area contributed by atoms with E-state index in [4.69, 9.17) is 0 Å². The first-order valence-electron chi connectivity index (χ1n) is 9.55. The van der Waals surface area contributed by atoms with E-state index in [0.717, 1.165) is 31.7 Å². The van der Waals surface area contributed by atoms with Gasteiger partial charge >= 0.3 is 0 Å². The second-order valence-electron chi connectivity index (χ2n) is 7.32. The van der Waals surface area contributed by atoms with Crippen LogP contribution in [0.4, 0.5) is 10.8 Å². The summed E-state index contributed by atoms with van der Waals surface area (Å²) in [7, 11) is -3.65. The molecule has 8 heteroatoms. The molecule has 2 N–H and O–H groups in total. The van der Waals surface area contributed by atoms with Gasteiger partial charge in [0.05, 0.1) is 4.90 Å². The van der Waals surface area contributed by atoms with Crippen molar-refractivity contribution in [3.63, 3.8) is 0 Å². The maximum Gasteiger partial charge on any atom is 0.263 e. The second-order valence-corrected chi connectivity index (χ2v) is 9.90. The molecule has 1 saturated heterocycles. The Bertz CT molecular complexity index is 1070. The van der Waals surface area contributed by atoms with E-state index in [1.54, 1.807) is 29.8 Å². The maximum atomic E-state index is 12.6. The molecule has 6 nitrogen and oxygen atoms in total. The Morgan fingerprint density at radius 3 is 2.86 bits per heavy atom. The molecule has 0 spiro atoms. The third-order valence-electron chi connectivity index (χ3n) is 4.93. The molecule has 1 aliphatic rings. The molecule has 3 aromatic rings. The SMILES string of the molecule is Cc1cccc(CN2CC[C@@H](Nc3cccc(S(=O)(=O)Nc4nccs4)c3)C2)c1. The predicted octanol–water partition coefficient (Wildman–Crippen LogP) is 3.94. The van der Waals surface area contributed by atoms with Crippen molar-refractivity contribution >= 4 is 32.2 Å². The minimum absolute atomic E-state index is 0.229. The molecule has 152 valence electrons. The third-order valence-corrected chi connectivity index (χ3v) is 7.08. The van der Waals surface area contributed by atoms with Crippen LogP contribution in [-0.4, -0.2) is 37.4 Å². The summed E-state index contributed by atoms with van der Waals surface area (Å²) < 4.78 is 27.7. The monoisotopic (exact) mass is 428 g/mol. The summed E-state index contributed by atoms with van der Waals surface area (Å²) in [4.78, 5) is 6.64. The van der Waals surface area contributed by atoms with Crippen molar-refractivity contribution in [1.29, 1.82) is 0 Å². The Morgan fingerprint density at radius 1 is 1.21 bits per heavy atom. The van der Waals surface area contributed by atoms with E-state index in [1.807, 2.05) is 6.07 Å². The Balaban J connectivity index is 1.38. The highest BCUT2D eigenvalue weighted by molar-refractivity contribution is 7.93. The molecule has 2 aromatic carbocycles. The van der Waals surface area contributed by atoms with Crippen molar-refractivity contribution in [1.82, 2.24) is 9.88 Å². The van der Waals surface area contributed by atoms with Crippen LogP contribution >= 0.6 is 11.3 Å². The average molecular weight is 429 g/mol. The largest absolute Gasteiger partial charge is 0.381 e. The van der Waals surface area contributed by atoms with Crippen LogP contribution in [0, 0.1) is 6.92 Å². The summed E-state index contributed by atoms with van der Waals surface area (Å²) in [5.74, 6) is 0. The lowest BCUT2D eigenvalue weighted by molar-refractivity contribution is 0.328. The zero-order valence-electron chi connectivity index (χ0n) is 16.2. The van der Waals surface area contributed by atoms with Crippen molar-refractivity contribution in [3.8, 4) is 0 Å². The molecule has 0 saturated carbocycles. The van der Waals surface area contributed by atoms with Crippen LogP contribution < -0.4 is 10.0 Å². The average Bonchev–Trinajstić information content (AvgIpc) is 3.34. The van der Waals surface area contributed by atoms with Crippen LogP contribution in [0.2, 0.25) is 0 Å². The number of hydrogen-bond acceptors (Lipinski definition) is 6. The fourth-order valence-corrected chi connectivity index (χ4v) is 5.43. The first-order valence-corrected chi connectivity index (χ1v) is 11.9. The van der Waals surface area contributed by atoms with E-state index >= 15 is 0 Å². The number of anilines is 2. The topological polar surface area (TPSA) is 74.3 Å². The number of hydrogen-bond donors (Lipinski definition) is 2. The maximum absolute atomic E-state index is 12.6. The van der Waals surface area contributed by atoms with Crippen LogP contribution in [-0.2, 0) is 16.6 Å². The molecule has 1 fully saturated rings. The number of aromatic nitrogens is 1. The fraction of sp³-hybridized carbons (Fsp3) is 0.286. The molecule has 29 heavy (non-hydrogen) atoms. The second kappa shape index (κ2) is 8.52. The normalized spacial score (nSPS) is 17.3. The molecule has 1 atom stereocenters. The van der Waals surface area contributed by atoms with Gasteiger partial charge in [-0.3, -0.25) is 9.62 Å². The summed E-state index contributed by atoms with van der Waals surface area (Å²) in [6.07, 6.45) is 2.60. The molecule has 0 radical (unpaired) electrons. The molecule has 4 rings (SSSR count). The van der Waals surface area contributed by atoms with Crippen molar-refractivity contribution < 1.29 is 8.42 Å². The number of nitrogens with zero attached hydrogens (tertiary/aromatic N) is 2. The Labute approximate surface area is 175 Å². The van der Waals surface area contributed by atoms with Gasteiger partial charge in [0.1, 0.15) is 0 Å². The van der Waals surface area contributed by atoms with Crippen LogP contribution in [0.15, 0.2) is 65.0 Å². The van der Waals surface area contributed by atoms with Gasteiger partial charge in [-0.2, -0.15) is 0 Å². The van der Waals surface area contributed by atoms with E-state index in [-0.39, 0.29) is 4.90 Å². The lowest BCUT2D eigenvalue weighted by Gasteiger charge is -2.18. The standard InChI is InChI=1S/C21H24N4O2S2/c1-16-4-2-5-17(12-16)14-25-10-8-19(15-25)23-18-6-3-7-20(13-18)29(26,27)24-21-22-9-11-28-21/h2-7,9,11-13,19,23H,8,10,14-15H2,1H3,(H,22,24)/t19-/m1/s1. The van der Waals surface area contributed by atoms with Gasteiger partial charge < -0.3 is 5.32 Å². The van der Waals surface area contributed by atoms with Crippen molar-refractivity contribution in [3.05, 3.63) is 71.2 Å². The lowest BCUT2D eigenvalue weighted by Crippen LogP contribution is -2.26. The van der Waals surface area contributed by atoms with Crippen molar-refractivity contribution in [2.75, 3.05) is 23.1 Å². The van der Waals surface area contributed by atoms with Gasteiger partial charge in [-0.1, -0.05) is 35.9 Å². The molecule has 1 aliphatic heterocycles. The molecule has 0 unspecified atom stereocenters. The van der Waals surface area contributed by atoms with Gasteiger partial charge in [-0.05, 0) is 37.1 Å². The number of aryl methyl sites for hydroxylation is 1. The van der Waals surface area contributed by atoms with Gasteiger partial charge in [0.2, 0.25) is 0 Å². The van der Waals surface area contributed by atoms with Gasteiger partial charge in [-0.25, -0.2) is 13.4 Å². The van der Waals surface area contributed by atoms with Crippen LogP contribution in [0.25, 0.3) is 0 Å². The Morgan fingerprint density at radius 2 is 2.07 bits per heavy atom. The number of benzene rings is 2. The highest BCUT2D eigenvalue weighted by Crippen LogP contribution is 2.23. The molecule has 2 heterocycles. The van der Waals surface area contributed by atoms with E-state index in [1.165, 1.54) is 22.5 Å². The van der Waals surface area contributed by atoms with Crippen molar-refractivity contribution in [2.45, 2.75) is 30.8 Å². The number of likely N-dealkylation sites (tertiary alicyclic amines) is 1. The van der Waals surface area contributed by atoms with E-state index < -0.39 is 10.0 Å². The lowest BCUT2D eigenvalue weighted by atomic mass is 10.1. The molecule has 0 bridgehead atoms. The molecule has 0 aliphatic carbocycles. The quantitative estimate of drug-likeness (QED) is 0.596. The smallest absolute Gasteiger partial charge is 0.263 e. The van der Waals surface area contributed by atoms with Gasteiger partial charge in [0, 0.05) is 42.9 Å². The number of sulfonamides is 1. The number of thiazole rings is 1. The van der Waals surface area contributed by atoms with E-state index in [2.05, 4.69) is 51.1 Å². The van der Waals surface area contributed by atoms with Crippen LogP contribution in [0.3, 0.4) is 0 Å². The predicted molar refractivity (Wildman–Crippen MR) is 118 cm³/mol. The zero-order valence-corrected chi connectivity index (χ0v) is 17.8. The summed E-state index contributed by atoms with van der Waals surface area (Å²) in [5, 5.41) is 5.59. The Kier molecular flexibility index (Phi) is 5.84.